The van der Waals surface area contributed by atoms with Crippen LogP contribution in [0.5, 0.6) is 0 Å². The Labute approximate surface area is 64.0 Å². The molecule has 2 aromatic rings. The first-order valence-corrected chi connectivity index (χ1v) is 3.39. The van der Waals surface area contributed by atoms with Crippen LogP contribution in [0.15, 0.2) is 24.4 Å². The number of hydrogen-bond donors (Lipinski definition) is 3. The molecule has 0 saturated heterocycles. The van der Waals surface area contributed by atoms with E-state index >= 15 is 0 Å². The number of nitrogens with one attached hydrogen (secondary N) is 1. The summed E-state index contributed by atoms with van der Waals surface area (Å²) in [6.07, 6.45) is 1.85. The van der Waals surface area contributed by atoms with Gasteiger partial charge in [0.25, 0.3) is 0 Å². The number of aromatic amines is 1. The van der Waals surface area contributed by atoms with Crippen LogP contribution >= 0.6 is 0 Å². The molecule has 3 nitrogen and oxygen atoms in total. The van der Waals surface area contributed by atoms with E-state index in [4.69, 9.17) is 11.5 Å². The molecule has 1 aromatic heterocycles. The fourth-order valence-electron chi connectivity index (χ4n) is 1.22. The molecule has 0 amide bonds. The van der Waals surface area contributed by atoms with E-state index in [0.29, 0.717) is 11.4 Å². The number of H-pyrrole nitrogens is 1. The SMILES string of the molecule is Nc1cc(N)c2[nH]ccc2c1. The fraction of sp³-hybridized carbons (Fsp3) is 0. The average Bonchev–Trinajstić information content (AvgIpc) is 2.34. The van der Waals surface area contributed by atoms with E-state index in [2.05, 4.69) is 4.98 Å². The zero-order chi connectivity index (χ0) is 7.84. The van der Waals surface area contributed by atoms with Crippen LogP contribution in [0.25, 0.3) is 10.9 Å². The molecule has 1 aromatic carbocycles. The van der Waals surface area contributed by atoms with E-state index in [1.807, 2.05) is 18.3 Å². The Balaban J connectivity index is 2.91. The normalized spacial score (nSPS) is 10.5. The minimum absolute atomic E-state index is 0.699. The highest BCUT2D eigenvalue weighted by Crippen LogP contribution is 2.22. The van der Waals surface area contributed by atoms with Crippen LogP contribution in [0.4, 0.5) is 11.4 Å². The van der Waals surface area contributed by atoms with Crippen molar-refractivity contribution < 1.29 is 0 Å². The van der Waals surface area contributed by atoms with Crippen molar-refractivity contribution in [2.45, 2.75) is 0 Å². The first-order chi connectivity index (χ1) is 5.27. The van der Waals surface area contributed by atoms with Crippen molar-refractivity contribution in [3.63, 3.8) is 0 Å². The molecule has 0 saturated carbocycles. The first-order valence-electron chi connectivity index (χ1n) is 3.39. The van der Waals surface area contributed by atoms with Crippen LogP contribution in [0.3, 0.4) is 0 Å². The zero-order valence-corrected chi connectivity index (χ0v) is 5.96. The van der Waals surface area contributed by atoms with Gasteiger partial charge in [-0.25, -0.2) is 0 Å². The fourth-order valence-corrected chi connectivity index (χ4v) is 1.22. The van der Waals surface area contributed by atoms with Gasteiger partial charge in [0, 0.05) is 17.3 Å². The van der Waals surface area contributed by atoms with Gasteiger partial charge in [-0.3, -0.25) is 0 Å². The summed E-state index contributed by atoms with van der Waals surface area (Å²) in [7, 11) is 0. The maximum atomic E-state index is 5.69. The third-order valence-electron chi connectivity index (χ3n) is 1.71. The quantitative estimate of drug-likeness (QED) is 0.492. The molecule has 0 aliphatic heterocycles. The van der Waals surface area contributed by atoms with Gasteiger partial charge in [-0.15, -0.1) is 0 Å². The lowest BCUT2D eigenvalue weighted by atomic mass is 10.2. The van der Waals surface area contributed by atoms with Crippen molar-refractivity contribution in [1.29, 1.82) is 0 Å². The number of benzene rings is 1. The van der Waals surface area contributed by atoms with Gasteiger partial charge in [-0.05, 0) is 18.2 Å². The summed E-state index contributed by atoms with van der Waals surface area (Å²) in [5.74, 6) is 0. The lowest BCUT2D eigenvalue weighted by Crippen LogP contribution is -1.90. The van der Waals surface area contributed by atoms with Gasteiger partial charge in [0.05, 0.1) is 11.2 Å². The number of nitrogens with two attached hydrogens (primary N) is 2. The summed E-state index contributed by atoms with van der Waals surface area (Å²) in [6.45, 7) is 0. The summed E-state index contributed by atoms with van der Waals surface area (Å²) in [4.78, 5) is 3.03. The maximum Gasteiger partial charge on any atom is 0.0689 e. The molecule has 0 aliphatic rings. The number of anilines is 2. The monoisotopic (exact) mass is 147 g/mol. The summed E-state index contributed by atoms with van der Waals surface area (Å²) in [6, 6.07) is 5.59. The molecular formula is C8H9N3. The second-order valence-electron chi connectivity index (χ2n) is 2.55. The highest BCUT2D eigenvalue weighted by Gasteiger charge is 1.98. The predicted octanol–water partition coefficient (Wildman–Crippen LogP) is 1.33. The van der Waals surface area contributed by atoms with Gasteiger partial charge >= 0.3 is 0 Å². The van der Waals surface area contributed by atoms with Crippen molar-refractivity contribution in [1.82, 2.24) is 4.98 Å². The summed E-state index contributed by atoms with van der Waals surface area (Å²) >= 11 is 0. The molecule has 0 atom stereocenters. The zero-order valence-electron chi connectivity index (χ0n) is 5.96. The predicted molar refractivity (Wildman–Crippen MR) is 47.1 cm³/mol. The van der Waals surface area contributed by atoms with E-state index in [9.17, 15) is 0 Å². The van der Waals surface area contributed by atoms with Crippen LogP contribution in [-0.4, -0.2) is 4.98 Å². The molecule has 0 unspecified atom stereocenters. The van der Waals surface area contributed by atoms with Gasteiger partial charge in [0.15, 0.2) is 0 Å². The second-order valence-corrected chi connectivity index (χ2v) is 2.55. The Morgan fingerprint density at radius 3 is 2.82 bits per heavy atom. The number of rotatable bonds is 0. The molecule has 0 bridgehead atoms. The molecule has 3 heteroatoms. The third kappa shape index (κ3) is 0.816. The van der Waals surface area contributed by atoms with E-state index in [-0.39, 0.29) is 0 Å². The Morgan fingerprint density at radius 1 is 1.18 bits per heavy atom. The Hall–Kier alpha value is -1.64. The molecule has 56 valence electrons. The Morgan fingerprint density at radius 2 is 2.00 bits per heavy atom. The van der Waals surface area contributed by atoms with Gasteiger partial charge in [0.2, 0.25) is 0 Å². The topological polar surface area (TPSA) is 67.8 Å². The van der Waals surface area contributed by atoms with Gasteiger partial charge in [0.1, 0.15) is 0 Å². The molecule has 5 N–H and O–H groups in total. The third-order valence-corrected chi connectivity index (χ3v) is 1.71. The minimum atomic E-state index is 0.699. The standard InChI is InChI=1S/C8H9N3/c9-6-3-5-1-2-11-8(5)7(10)4-6/h1-4,11H,9-10H2. The lowest BCUT2D eigenvalue weighted by molar-refractivity contribution is 1.48. The lowest BCUT2D eigenvalue weighted by Gasteiger charge is -1.97. The van der Waals surface area contributed by atoms with Crippen LogP contribution < -0.4 is 11.5 Å². The average molecular weight is 147 g/mol. The molecule has 0 aliphatic carbocycles. The van der Waals surface area contributed by atoms with Crippen LogP contribution in [0.2, 0.25) is 0 Å². The largest absolute Gasteiger partial charge is 0.399 e. The number of hydrogen-bond acceptors (Lipinski definition) is 2. The number of aromatic nitrogens is 1. The molecular weight excluding hydrogens is 138 g/mol. The van der Waals surface area contributed by atoms with E-state index in [1.54, 1.807) is 6.07 Å². The first kappa shape index (κ1) is 6.09. The van der Waals surface area contributed by atoms with E-state index in [0.717, 1.165) is 10.9 Å². The van der Waals surface area contributed by atoms with Gasteiger partial charge in [-0.2, -0.15) is 0 Å². The summed E-state index contributed by atoms with van der Waals surface area (Å²) in [5.41, 5.74) is 13.6. The highest BCUT2D eigenvalue weighted by atomic mass is 14.7. The number of fused-ring (bicyclic) bond motifs is 1. The molecule has 1 heterocycles. The number of nitrogen functional groups attached to an aromatic ring is 2. The van der Waals surface area contributed by atoms with Gasteiger partial charge in [-0.1, -0.05) is 0 Å². The van der Waals surface area contributed by atoms with Crippen molar-refractivity contribution in [3.8, 4) is 0 Å². The van der Waals surface area contributed by atoms with Crippen molar-refractivity contribution in [2.75, 3.05) is 11.5 Å². The minimum Gasteiger partial charge on any atom is -0.399 e. The summed E-state index contributed by atoms with van der Waals surface area (Å²) < 4.78 is 0. The Kier molecular flexibility index (Phi) is 1.06. The summed E-state index contributed by atoms with van der Waals surface area (Å²) in [5, 5.41) is 1.06. The van der Waals surface area contributed by atoms with Crippen molar-refractivity contribution in [2.24, 2.45) is 0 Å². The maximum absolute atomic E-state index is 5.69. The molecule has 11 heavy (non-hydrogen) atoms. The molecule has 0 radical (unpaired) electrons. The second kappa shape index (κ2) is 1.92. The molecule has 0 spiro atoms. The molecule has 2 rings (SSSR count). The van der Waals surface area contributed by atoms with E-state index < -0.39 is 0 Å². The van der Waals surface area contributed by atoms with Crippen molar-refractivity contribution in [3.05, 3.63) is 24.4 Å². The van der Waals surface area contributed by atoms with E-state index in [1.165, 1.54) is 0 Å². The van der Waals surface area contributed by atoms with Crippen LogP contribution in [-0.2, 0) is 0 Å². The smallest absolute Gasteiger partial charge is 0.0689 e. The van der Waals surface area contributed by atoms with Gasteiger partial charge < -0.3 is 16.5 Å². The van der Waals surface area contributed by atoms with Crippen LogP contribution in [0.1, 0.15) is 0 Å². The molecule has 0 fully saturated rings. The van der Waals surface area contributed by atoms with Crippen LogP contribution in [0, 0.1) is 0 Å². The van der Waals surface area contributed by atoms with Crippen molar-refractivity contribution >= 4 is 22.3 Å². The highest BCUT2D eigenvalue weighted by molar-refractivity contribution is 5.92. The Bertz CT molecular complexity index is 389.